The number of carbonyl (C=O) groups is 2. The molecular formula is C18H18N2O4. The van der Waals surface area contributed by atoms with Crippen LogP contribution in [0.3, 0.4) is 0 Å². The van der Waals surface area contributed by atoms with E-state index in [2.05, 4.69) is 10.6 Å². The minimum absolute atomic E-state index is 0.0138. The lowest BCUT2D eigenvalue weighted by atomic mass is 10.2. The molecule has 0 atom stereocenters. The van der Waals surface area contributed by atoms with Gasteiger partial charge in [-0.2, -0.15) is 0 Å². The van der Waals surface area contributed by atoms with Gasteiger partial charge < -0.3 is 20.1 Å². The van der Waals surface area contributed by atoms with Gasteiger partial charge in [-0.3, -0.25) is 9.59 Å². The first kappa shape index (κ1) is 15.9. The molecule has 6 heteroatoms. The standard InChI is InChI=1S/2C9H9NO2/c11-9-7-3-1-2-4-8(7)12-6-5-10-9;11-9-5-6-12-8-4-2-1-3-7(8)10-9/h2*1-4H,5-6H2,(H,10,11). The number of carbonyl (C=O) groups excluding carboxylic acids is 2. The highest BCUT2D eigenvalue weighted by molar-refractivity contribution is 5.97. The number of anilines is 1. The highest BCUT2D eigenvalue weighted by atomic mass is 16.5. The second kappa shape index (κ2) is 7.50. The Morgan fingerprint density at radius 3 is 2.42 bits per heavy atom. The molecule has 0 aliphatic carbocycles. The van der Waals surface area contributed by atoms with Gasteiger partial charge in [0.25, 0.3) is 5.91 Å². The number of hydrogen-bond donors (Lipinski definition) is 2. The minimum Gasteiger partial charge on any atom is -0.491 e. The monoisotopic (exact) mass is 326 g/mol. The Morgan fingerprint density at radius 1 is 0.833 bits per heavy atom. The van der Waals surface area contributed by atoms with E-state index in [1.165, 1.54) is 0 Å². The van der Waals surface area contributed by atoms with Crippen molar-refractivity contribution >= 4 is 17.5 Å². The van der Waals surface area contributed by atoms with Gasteiger partial charge in [0, 0.05) is 0 Å². The molecule has 24 heavy (non-hydrogen) atoms. The van der Waals surface area contributed by atoms with Gasteiger partial charge in [0.1, 0.15) is 18.1 Å². The van der Waals surface area contributed by atoms with E-state index in [4.69, 9.17) is 9.47 Å². The summed E-state index contributed by atoms with van der Waals surface area (Å²) < 4.78 is 10.7. The van der Waals surface area contributed by atoms with Crippen LogP contribution >= 0.6 is 0 Å². The summed E-state index contributed by atoms with van der Waals surface area (Å²) in [4.78, 5) is 22.4. The summed E-state index contributed by atoms with van der Waals surface area (Å²) in [6.45, 7) is 1.58. The van der Waals surface area contributed by atoms with Crippen LogP contribution in [0.1, 0.15) is 16.8 Å². The molecule has 0 saturated heterocycles. The molecule has 0 bridgehead atoms. The van der Waals surface area contributed by atoms with Gasteiger partial charge in [-0.15, -0.1) is 0 Å². The Labute approximate surface area is 139 Å². The third kappa shape index (κ3) is 3.84. The molecule has 2 aromatic rings. The average Bonchev–Trinajstić information content (AvgIpc) is 2.91. The normalized spacial score (nSPS) is 15.5. The van der Waals surface area contributed by atoms with Crippen LogP contribution in [0.5, 0.6) is 11.5 Å². The fraction of sp³-hybridized carbons (Fsp3) is 0.222. The zero-order valence-corrected chi connectivity index (χ0v) is 13.1. The van der Waals surface area contributed by atoms with E-state index >= 15 is 0 Å². The van der Waals surface area contributed by atoms with E-state index < -0.39 is 0 Å². The maximum absolute atomic E-state index is 11.3. The molecule has 2 amide bonds. The Balaban J connectivity index is 0.000000141. The lowest BCUT2D eigenvalue weighted by Crippen LogP contribution is -2.24. The molecule has 0 fully saturated rings. The molecule has 0 spiro atoms. The van der Waals surface area contributed by atoms with Crippen molar-refractivity contribution in [3.8, 4) is 11.5 Å². The third-order valence-corrected chi connectivity index (χ3v) is 3.52. The Kier molecular flexibility index (Phi) is 4.96. The number of nitrogens with one attached hydrogen (secondary N) is 2. The van der Waals surface area contributed by atoms with Crippen LogP contribution < -0.4 is 20.1 Å². The summed E-state index contributed by atoms with van der Waals surface area (Å²) in [5.74, 6) is 1.39. The lowest BCUT2D eigenvalue weighted by molar-refractivity contribution is -0.116. The summed E-state index contributed by atoms with van der Waals surface area (Å²) in [5.41, 5.74) is 1.38. The summed E-state index contributed by atoms with van der Waals surface area (Å²) in [7, 11) is 0. The zero-order valence-electron chi connectivity index (χ0n) is 13.1. The van der Waals surface area contributed by atoms with E-state index in [0.29, 0.717) is 37.5 Å². The van der Waals surface area contributed by atoms with E-state index in [0.717, 1.165) is 11.4 Å². The zero-order chi connectivity index (χ0) is 16.8. The SMILES string of the molecule is O=C1CCOc2ccccc2N1.O=C1NCCOc2ccccc21. The molecule has 2 aliphatic rings. The van der Waals surface area contributed by atoms with Crippen LogP contribution in [0.4, 0.5) is 5.69 Å². The maximum atomic E-state index is 11.3. The molecule has 6 nitrogen and oxygen atoms in total. The largest absolute Gasteiger partial charge is 0.491 e. The first-order valence-electron chi connectivity index (χ1n) is 7.76. The van der Waals surface area contributed by atoms with Crippen LogP contribution in [-0.2, 0) is 4.79 Å². The molecule has 0 aromatic heterocycles. The number of amides is 2. The number of ether oxygens (including phenoxy) is 2. The smallest absolute Gasteiger partial charge is 0.255 e. The van der Waals surface area contributed by atoms with Crippen LogP contribution in [0, 0.1) is 0 Å². The fourth-order valence-electron chi connectivity index (χ4n) is 2.36. The Hall–Kier alpha value is -3.02. The van der Waals surface area contributed by atoms with Gasteiger partial charge in [-0.05, 0) is 24.3 Å². The number of para-hydroxylation sites is 3. The van der Waals surface area contributed by atoms with Gasteiger partial charge in [0.2, 0.25) is 5.91 Å². The summed E-state index contributed by atoms with van der Waals surface area (Å²) >= 11 is 0. The van der Waals surface area contributed by atoms with Gasteiger partial charge in [-0.1, -0.05) is 24.3 Å². The minimum atomic E-state index is -0.0527. The Morgan fingerprint density at radius 2 is 1.54 bits per heavy atom. The van der Waals surface area contributed by atoms with Gasteiger partial charge in [-0.25, -0.2) is 0 Å². The maximum Gasteiger partial charge on any atom is 0.255 e. The van der Waals surface area contributed by atoms with E-state index in [-0.39, 0.29) is 11.8 Å². The van der Waals surface area contributed by atoms with E-state index in [1.807, 2.05) is 36.4 Å². The van der Waals surface area contributed by atoms with Crippen molar-refractivity contribution in [2.75, 3.05) is 25.1 Å². The number of rotatable bonds is 0. The molecule has 0 radical (unpaired) electrons. The summed E-state index contributed by atoms with van der Waals surface area (Å²) in [6.07, 6.45) is 0.425. The number of fused-ring (bicyclic) bond motifs is 2. The third-order valence-electron chi connectivity index (χ3n) is 3.52. The van der Waals surface area contributed by atoms with Gasteiger partial charge >= 0.3 is 0 Å². The molecule has 0 saturated carbocycles. The van der Waals surface area contributed by atoms with Crippen LogP contribution in [0.2, 0.25) is 0 Å². The quantitative estimate of drug-likeness (QED) is 0.778. The molecule has 2 N–H and O–H groups in total. The molecule has 124 valence electrons. The van der Waals surface area contributed by atoms with Crippen LogP contribution in [0.15, 0.2) is 48.5 Å². The average molecular weight is 326 g/mol. The van der Waals surface area contributed by atoms with Gasteiger partial charge in [0.05, 0.1) is 30.8 Å². The van der Waals surface area contributed by atoms with Gasteiger partial charge in [0.15, 0.2) is 0 Å². The number of hydrogen-bond acceptors (Lipinski definition) is 4. The molecular weight excluding hydrogens is 308 g/mol. The van der Waals surface area contributed by atoms with E-state index in [1.54, 1.807) is 12.1 Å². The van der Waals surface area contributed by atoms with Crippen molar-refractivity contribution in [1.82, 2.24) is 5.32 Å². The van der Waals surface area contributed by atoms with Crippen molar-refractivity contribution < 1.29 is 19.1 Å². The number of benzene rings is 2. The van der Waals surface area contributed by atoms with Crippen molar-refractivity contribution in [2.24, 2.45) is 0 Å². The van der Waals surface area contributed by atoms with E-state index in [9.17, 15) is 9.59 Å². The lowest BCUT2D eigenvalue weighted by Gasteiger charge is -2.04. The molecule has 2 aliphatic heterocycles. The highest BCUT2D eigenvalue weighted by Crippen LogP contribution is 2.25. The fourth-order valence-corrected chi connectivity index (χ4v) is 2.36. The Bertz CT molecular complexity index is 745. The predicted molar refractivity (Wildman–Crippen MR) is 89.5 cm³/mol. The first-order valence-corrected chi connectivity index (χ1v) is 7.76. The van der Waals surface area contributed by atoms with Crippen molar-refractivity contribution in [2.45, 2.75) is 6.42 Å². The molecule has 4 rings (SSSR count). The summed E-state index contributed by atoms with van der Waals surface area (Å²) in [5, 5.41) is 5.50. The van der Waals surface area contributed by atoms with Crippen LogP contribution in [-0.4, -0.2) is 31.6 Å². The second-order valence-corrected chi connectivity index (χ2v) is 5.24. The highest BCUT2D eigenvalue weighted by Gasteiger charge is 2.14. The predicted octanol–water partition coefficient (Wildman–Crippen LogP) is 2.22. The topological polar surface area (TPSA) is 76.7 Å². The first-order chi connectivity index (χ1) is 11.7. The molecule has 2 heterocycles. The molecule has 2 aromatic carbocycles. The van der Waals surface area contributed by atoms with Crippen molar-refractivity contribution in [1.29, 1.82) is 0 Å². The summed E-state index contributed by atoms with van der Waals surface area (Å²) in [6, 6.07) is 14.7. The second-order valence-electron chi connectivity index (χ2n) is 5.24. The molecule has 0 unspecified atom stereocenters. The van der Waals surface area contributed by atoms with Crippen molar-refractivity contribution in [3.05, 3.63) is 54.1 Å². The van der Waals surface area contributed by atoms with Crippen molar-refractivity contribution in [3.63, 3.8) is 0 Å². The van der Waals surface area contributed by atoms with Crippen LogP contribution in [0.25, 0.3) is 0 Å².